The Morgan fingerprint density at radius 2 is 2.27 bits per heavy atom. The molecule has 1 rings (SSSR count). The van der Waals surface area contributed by atoms with Gasteiger partial charge >= 0.3 is 0 Å². The molecule has 3 nitrogen and oxygen atoms in total. The van der Waals surface area contributed by atoms with Gasteiger partial charge in [-0.15, -0.1) is 0 Å². The predicted molar refractivity (Wildman–Crippen MR) is 43.1 cm³/mol. The van der Waals surface area contributed by atoms with Gasteiger partial charge in [-0.25, -0.2) is 8.42 Å². The third-order valence-corrected chi connectivity index (χ3v) is 2.71. The highest BCUT2D eigenvalue weighted by atomic mass is 35.7. The molecule has 0 amide bonds. The fourth-order valence-electron chi connectivity index (χ4n) is 0.760. The van der Waals surface area contributed by atoms with Crippen molar-refractivity contribution in [2.45, 2.75) is 18.4 Å². The van der Waals surface area contributed by atoms with Crippen molar-refractivity contribution >= 4 is 19.7 Å². The molecule has 0 radical (unpaired) electrons. The number of halogens is 1. The van der Waals surface area contributed by atoms with Gasteiger partial charge in [-0.3, -0.25) is 0 Å². The van der Waals surface area contributed by atoms with Crippen molar-refractivity contribution in [1.29, 1.82) is 0 Å². The SMILES string of the molecule is CCn1ccc(S(=O)(=O)Cl)c1. The monoisotopic (exact) mass is 193 g/mol. The van der Waals surface area contributed by atoms with Gasteiger partial charge in [0.25, 0.3) is 9.05 Å². The van der Waals surface area contributed by atoms with E-state index in [0.29, 0.717) is 0 Å². The van der Waals surface area contributed by atoms with Crippen LogP contribution in [0.3, 0.4) is 0 Å². The van der Waals surface area contributed by atoms with E-state index in [1.165, 1.54) is 12.3 Å². The van der Waals surface area contributed by atoms with Crippen molar-refractivity contribution in [2.24, 2.45) is 0 Å². The summed E-state index contributed by atoms with van der Waals surface area (Å²) in [4.78, 5) is 0.154. The maximum absolute atomic E-state index is 10.7. The summed E-state index contributed by atoms with van der Waals surface area (Å²) in [5.41, 5.74) is 0. The molecule has 0 aliphatic rings. The van der Waals surface area contributed by atoms with Crippen molar-refractivity contribution < 1.29 is 8.42 Å². The van der Waals surface area contributed by atoms with Crippen LogP contribution in [0.5, 0.6) is 0 Å². The van der Waals surface area contributed by atoms with E-state index >= 15 is 0 Å². The maximum atomic E-state index is 10.7. The number of rotatable bonds is 2. The molecule has 0 N–H and O–H groups in total. The van der Waals surface area contributed by atoms with E-state index in [4.69, 9.17) is 10.7 Å². The van der Waals surface area contributed by atoms with Crippen molar-refractivity contribution in [2.75, 3.05) is 0 Å². The van der Waals surface area contributed by atoms with Gasteiger partial charge in [-0.2, -0.15) is 0 Å². The molecule has 1 heterocycles. The molecule has 0 atom stereocenters. The molecule has 0 bridgehead atoms. The lowest BCUT2D eigenvalue weighted by atomic mass is 10.7. The van der Waals surface area contributed by atoms with E-state index in [1.807, 2.05) is 6.92 Å². The van der Waals surface area contributed by atoms with Crippen LogP contribution in [-0.2, 0) is 15.6 Å². The first-order chi connectivity index (χ1) is 5.04. The highest BCUT2D eigenvalue weighted by Crippen LogP contribution is 2.14. The van der Waals surface area contributed by atoms with E-state index in [-0.39, 0.29) is 4.90 Å². The molecule has 5 heteroatoms. The molecule has 1 aromatic heterocycles. The zero-order valence-corrected chi connectivity index (χ0v) is 7.56. The molecule has 0 aliphatic carbocycles. The smallest absolute Gasteiger partial charge is 0.262 e. The minimum atomic E-state index is -3.54. The minimum absolute atomic E-state index is 0.154. The second-order valence-corrected chi connectivity index (χ2v) is 4.68. The summed E-state index contributed by atoms with van der Waals surface area (Å²) < 4.78 is 23.2. The van der Waals surface area contributed by atoms with Crippen LogP contribution in [0.2, 0.25) is 0 Å². The standard InChI is InChI=1S/C6H8ClNO2S/c1-2-8-4-3-6(5-8)11(7,9)10/h3-5H,2H2,1H3. The lowest BCUT2D eigenvalue weighted by Gasteiger charge is -1.92. The Morgan fingerprint density at radius 3 is 2.55 bits per heavy atom. The van der Waals surface area contributed by atoms with Gasteiger partial charge in [0.1, 0.15) is 0 Å². The van der Waals surface area contributed by atoms with E-state index in [2.05, 4.69) is 0 Å². The molecular weight excluding hydrogens is 186 g/mol. The van der Waals surface area contributed by atoms with Gasteiger partial charge in [0, 0.05) is 29.6 Å². The van der Waals surface area contributed by atoms with E-state index in [1.54, 1.807) is 10.8 Å². The third-order valence-electron chi connectivity index (χ3n) is 1.37. The van der Waals surface area contributed by atoms with Crippen LogP contribution in [0, 0.1) is 0 Å². The first-order valence-electron chi connectivity index (χ1n) is 3.14. The van der Waals surface area contributed by atoms with Crippen molar-refractivity contribution in [3.05, 3.63) is 18.5 Å². The van der Waals surface area contributed by atoms with Gasteiger partial charge < -0.3 is 4.57 Å². The van der Waals surface area contributed by atoms with Gasteiger partial charge in [-0.05, 0) is 13.0 Å². The molecular formula is C6H8ClNO2S. The fourth-order valence-corrected chi connectivity index (χ4v) is 1.52. The van der Waals surface area contributed by atoms with Crippen LogP contribution in [0.15, 0.2) is 23.4 Å². The van der Waals surface area contributed by atoms with Crippen molar-refractivity contribution in [1.82, 2.24) is 4.57 Å². The van der Waals surface area contributed by atoms with Crippen molar-refractivity contribution in [3.63, 3.8) is 0 Å². The number of hydrogen-bond donors (Lipinski definition) is 0. The summed E-state index contributed by atoms with van der Waals surface area (Å²) in [5.74, 6) is 0. The molecule has 0 spiro atoms. The lowest BCUT2D eigenvalue weighted by molar-refractivity contribution is 0.609. The second kappa shape index (κ2) is 2.87. The molecule has 1 aromatic rings. The Kier molecular flexibility index (Phi) is 2.25. The second-order valence-electron chi connectivity index (χ2n) is 2.12. The molecule has 0 fully saturated rings. The Hall–Kier alpha value is -0.480. The predicted octanol–water partition coefficient (Wildman–Crippen LogP) is 1.44. The number of aromatic nitrogens is 1. The van der Waals surface area contributed by atoms with E-state index < -0.39 is 9.05 Å². The normalized spacial score (nSPS) is 11.8. The van der Waals surface area contributed by atoms with Gasteiger partial charge in [0.05, 0.1) is 4.90 Å². The summed E-state index contributed by atoms with van der Waals surface area (Å²) in [6, 6.07) is 1.48. The third kappa shape index (κ3) is 1.97. The lowest BCUT2D eigenvalue weighted by Crippen LogP contribution is -1.90. The average Bonchev–Trinajstić information content (AvgIpc) is 2.32. The molecule has 0 aliphatic heterocycles. The average molecular weight is 194 g/mol. The number of nitrogens with zero attached hydrogens (tertiary/aromatic N) is 1. The molecule has 62 valence electrons. The largest absolute Gasteiger partial charge is 0.353 e. The molecule has 0 aromatic carbocycles. The Labute approximate surface area is 70.0 Å². The Morgan fingerprint density at radius 1 is 1.64 bits per heavy atom. The molecule has 0 saturated carbocycles. The number of hydrogen-bond acceptors (Lipinski definition) is 2. The van der Waals surface area contributed by atoms with E-state index in [9.17, 15) is 8.42 Å². The quantitative estimate of drug-likeness (QED) is 0.667. The molecule has 0 unspecified atom stereocenters. The summed E-state index contributed by atoms with van der Waals surface area (Å²) in [5, 5.41) is 0. The molecule has 0 saturated heterocycles. The minimum Gasteiger partial charge on any atom is -0.353 e. The van der Waals surface area contributed by atoms with Crippen LogP contribution in [0.4, 0.5) is 0 Å². The summed E-state index contributed by atoms with van der Waals surface area (Å²) in [6.07, 6.45) is 3.18. The maximum Gasteiger partial charge on any atom is 0.262 e. The summed E-state index contributed by atoms with van der Waals surface area (Å²) in [6.45, 7) is 2.66. The highest BCUT2D eigenvalue weighted by molar-refractivity contribution is 8.13. The highest BCUT2D eigenvalue weighted by Gasteiger charge is 2.10. The zero-order valence-electron chi connectivity index (χ0n) is 5.99. The zero-order chi connectivity index (χ0) is 8.48. The van der Waals surface area contributed by atoms with Crippen LogP contribution < -0.4 is 0 Å². The Balaban J connectivity index is 3.09. The van der Waals surface area contributed by atoms with Gasteiger partial charge in [0.2, 0.25) is 0 Å². The topological polar surface area (TPSA) is 39.1 Å². The molecule has 11 heavy (non-hydrogen) atoms. The van der Waals surface area contributed by atoms with Crippen LogP contribution in [0.1, 0.15) is 6.92 Å². The Bertz CT molecular complexity index is 341. The summed E-state index contributed by atoms with van der Waals surface area (Å²) in [7, 11) is 1.55. The van der Waals surface area contributed by atoms with Crippen molar-refractivity contribution in [3.8, 4) is 0 Å². The summed E-state index contributed by atoms with van der Waals surface area (Å²) >= 11 is 0. The van der Waals surface area contributed by atoms with Crippen LogP contribution >= 0.6 is 10.7 Å². The van der Waals surface area contributed by atoms with E-state index in [0.717, 1.165) is 6.54 Å². The first-order valence-corrected chi connectivity index (χ1v) is 5.45. The van der Waals surface area contributed by atoms with Crippen LogP contribution in [0.25, 0.3) is 0 Å². The number of aryl methyl sites for hydroxylation is 1. The van der Waals surface area contributed by atoms with Gasteiger partial charge in [-0.1, -0.05) is 0 Å². The van der Waals surface area contributed by atoms with Crippen LogP contribution in [-0.4, -0.2) is 13.0 Å². The first kappa shape index (κ1) is 8.62. The van der Waals surface area contributed by atoms with Gasteiger partial charge in [0.15, 0.2) is 0 Å². The fraction of sp³-hybridized carbons (Fsp3) is 0.333.